The fraction of sp³-hybridized carbons (Fsp3) is 0.0833. The van der Waals surface area contributed by atoms with Crippen LogP contribution in [0.2, 0.25) is 0 Å². The number of rotatable bonds is 3. The third-order valence-electron chi connectivity index (χ3n) is 2.24. The molecule has 0 saturated heterocycles. The predicted octanol–water partition coefficient (Wildman–Crippen LogP) is 2.57. The van der Waals surface area contributed by atoms with Gasteiger partial charge in [-0.05, 0) is 24.3 Å². The average Bonchev–Trinajstić information content (AvgIpc) is 2.31. The molecule has 0 aliphatic rings. The van der Waals surface area contributed by atoms with E-state index in [1.54, 1.807) is 25.5 Å². The van der Waals surface area contributed by atoms with Crippen molar-refractivity contribution in [3.8, 4) is 5.75 Å². The number of anilines is 3. The number of nitrogens with zero attached hydrogens (tertiary/aromatic N) is 1. The van der Waals surface area contributed by atoms with Gasteiger partial charge in [0, 0.05) is 36.9 Å². The Morgan fingerprint density at radius 3 is 2.44 bits per heavy atom. The van der Waals surface area contributed by atoms with Crippen LogP contribution in [0.5, 0.6) is 5.75 Å². The van der Waals surface area contributed by atoms with Crippen molar-refractivity contribution >= 4 is 17.1 Å². The monoisotopic (exact) mass is 215 g/mol. The van der Waals surface area contributed by atoms with E-state index in [9.17, 15) is 5.11 Å². The molecule has 0 fully saturated rings. The van der Waals surface area contributed by atoms with E-state index in [1.807, 2.05) is 24.3 Å². The van der Waals surface area contributed by atoms with Gasteiger partial charge in [0.05, 0.1) is 5.69 Å². The molecule has 3 N–H and O–H groups in total. The number of benzene rings is 1. The third kappa shape index (κ3) is 2.23. The molecular weight excluding hydrogens is 202 g/mol. The number of phenolic OH excluding ortho intramolecular Hbond substituents is 1. The van der Waals surface area contributed by atoms with Crippen LogP contribution >= 0.6 is 0 Å². The lowest BCUT2D eigenvalue weighted by Crippen LogP contribution is -1.92. The van der Waals surface area contributed by atoms with Crippen LogP contribution in [-0.2, 0) is 0 Å². The maximum atomic E-state index is 9.65. The molecule has 1 aromatic heterocycles. The first-order valence-corrected chi connectivity index (χ1v) is 4.97. The van der Waals surface area contributed by atoms with Crippen molar-refractivity contribution < 1.29 is 5.11 Å². The van der Waals surface area contributed by atoms with Crippen LogP contribution in [0.25, 0.3) is 0 Å². The molecule has 4 nitrogen and oxygen atoms in total. The smallest absolute Gasteiger partial charge is 0.140 e. The Balaban J connectivity index is 2.20. The summed E-state index contributed by atoms with van der Waals surface area (Å²) in [7, 11) is 1.77. The van der Waals surface area contributed by atoms with Gasteiger partial charge in [0.25, 0.3) is 0 Å². The van der Waals surface area contributed by atoms with Gasteiger partial charge in [0.1, 0.15) is 5.75 Å². The summed E-state index contributed by atoms with van der Waals surface area (Å²) in [6, 6.07) is 9.11. The van der Waals surface area contributed by atoms with Crippen molar-refractivity contribution in [2.45, 2.75) is 0 Å². The maximum Gasteiger partial charge on any atom is 0.140 e. The van der Waals surface area contributed by atoms with Gasteiger partial charge in [-0.15, -0.1) is 0 Å². The Kier molecular flexibility index (Phi) is 2.91. The highest BCUT2D eigenvalue weighted by molar-refractivity contribution is 5.67. The molecule has 2 rings (SSSR count). The molecule has 1 heterocycles. The highest BCUT2D eigenvalue weighted by atomic mass is 16.3. The molecule has 1 aromatic carbocycles. The summed E-state index contributed by atoms with van der Waals surface area (Å²) in [5.41, 5.74) is 2.48. The van der Waals surface area contributed by atoms with Crippen molar-refractivity contribution in [3.05, 3.63) is 42.7 Å². The Morgan fingerprint density at radius 2 is 1.81 bits per heavy atom. The molecule has 0 aliphatic carbocycles. The van der Waals surface area contributed by atoms with Crippen molar-refractivity contribution in [2.75, 3.05) is 17.7 Å². The van der Waals surface area contributed by atoms with Crippen LogP contribution in [0, 0.1) is 0 Å². The zero-order valence-corrected chi connectivity index (χ0v) is 8.94. The molecular formula is C12H13N3O. The minimum Gasteiger partial charge on any atom is -0.506 e. The number of pyridine rings is 1. The predicted molar refractivity (Wildman–Crippen MR) is 65.2 cm³/mol. The Bertz CT molecular complexity index is 471. The van der Waals surface area contributed by atoms with E-state index in [4.69, 9.17) is 0 Å². The Labute approximate surface area is 94.0 Å². The van der Waals surface area contributed by atoms with Gasteiger partial charge < -0.3 is 15.7 Å². The van der Waals surface area contributed by atoms with Crippen LogP contribution in [0.1, 0.15) is 0 Å². The summed E-state index contributed by atoms with van der Waals surface area (Å²) in [6.45, 7) is 0. The normalized spacial score (nSPS) is 9.81. The largest absolute Gasteiger partial charge is 0.506 e. The summed E-state index contributed by atoms with van der Waals surface area (Å²) in [5.74, 6) is 0.224. The van der Waals surface area contributed by atoms with Gasteiger partial charge in [0.2, 0.25) is 0 Å². The Morgan fingerprint density at radius 1 is 1.06 bits per heavy atom. The molecule has 0 saturated carbocycles. The van der Waals surface area contributed by atoms with Gasteiger partial charge in [-0.2, -0.15) is 0 Å². The number of aromatic nitrogens is 1. The summed E-state index contributed by atoms with van der Waals surface area (Å²) in [5, 5.41) is 15.7. The van der Waals surface area contributed by atoms with E-state index < -0.39 is 0 Å². The molecule has 16 heavy (non-hydrogen) atoms. The first-order chi connectivity index (χ1) is 7.79. The highest BCUT2D eigenvalue weighted by Gasteiger charge is 2.00. The molecule has 0 bridgehead atoms. The van der Waals surface area contributed by atoms with Crippen LogP contribution in [0.3, 0.4) is 0 Å². The second-order valence-electron chi connectivity index (χ2n) is 3.34. The third-order valence-corrected chi connectivity index (χ3v) is 2.24. The highest BCUT2D eigenvalue weighted by Crippen LogP contribution is 2.27. The molecule has 82 valence electrons. The maximum absolute atomic E-state index is 9.65. The number of nitrogens with one attached hydrogen (secondary N) is 2. The van der Waals surface area contributed by atoms with Gasteiger partial charge in [-0.1, -0.05) is 0 Å². The standard InChI is InChI=1S/C12H13N3O/c1-13-11-3-2-10(8-12(11)16)15-9-4-6-14-7-5-9/h2-8,13,16H,1H3,(H,14,15). The first kappa shape index (κ1) is 10.3. The van der Waals surface area contributed by atoms with E-state index in [1.165, 1.54) is 0 Å². The lowest BCUT2D eigenvalue weighted by Gasteiger charge is -2.08. The summed E-state index contributed by atoms with van der Waals surface area (Å²) >= 11 is 0. The summed E-state index contributed by atoms with van der Waals surface area (Å²) < 4.78 is 0. The van der Waals surface area contributed by atoms with Crippen LogP contribution in [0.15, 0.2) is 42.7 Å². The summed E-state index contributed by atoms with van der Waals surface area (Å²) in [4.78, 5) is 3.93. The molecule has 0 radical (unpaired) electrons. The lowest BCUT2D eigenvalue weighted by molar-refractivity contribution is 0.478. The zero-order valence-electron chi connectivity index (χ0n) is 8.94. The van der Waals surface area contributed by atoms with Crippen molar-refractivity contribution in [1.82, 2.24) is 4.98 Å². The molecule has 0 aliphatic heterocycles. The quantitative estimate of drug-likeness (QED) is 0.689. The van der Waals surface area contributed by atoms with Gasteiger partial charge in [0.15, 0.2) is 0 Å². The molecule has 0 unspecified atom stereocenters. The SMILES string of the molecule is CNc1ccc(Nc2ccncc2)cc1O. The van der Waals surface area contributed by atoms with Crippen LogP contribution < -0.4 is 10.6 Å². The molecule has 0 amide bonds. The van der Waals surface area contributed by atoms with E-state index in [0.717, 1.165) is 11.4 Å². The molecule has 2 aromatic rings. The van der Waals surface area contributed by atoms with Crippen molar-refractivity contribution in [1.29, 1.82) is 0 Å². The summed E-state index contributed by atoms with van der Waals surface area (Å²) in [6.07, 6.45) is 3.42. The van der Waals surface area contributed by atoms with Gasteiger partial charge in [-0.25, -0.2) is 0 Å². The topological polar surface area (TPSA) is 57.2 Å². The average molecular weight is 215 g/mol. The second-order valence-corrected chi connectivity index (χ2v) is 3.34. The number of phenols is 1. The molecule has 4 heteroatoms. The fourth-order valence-corrected chi connectivity index (χ4v) is 1.42. The molecule has 0 atom stereocenters. The first-order valence-electron chi connectivity index (χ1n) is 4.97. The van der Waals surface area contributed by atoms with E-state index >= 15 is 0 Å². The van der Waals surface area contributed by atoms with Crippen LogP contribution in [-0.4, -0.2) is 17.1 Å². The van der Waals surface area contributed by atoms with Crippen molar-refractivity contribution in [3.63, 3.8) is 0 Å². The number of hydrogen-bond donors (Lipinski definition) is 3. The van der Waals surface area contributed by atoms with E-state index in [0.29, 0.717) is 5.69 Å². The fourth-order valence-electron chi connectivity index (χ4n) is 1.42. The van der Waals surface area contributed by atoms with E-state index in [-0.39, 0.29) is 5.75 Å². The Hall–Kier alpha value is -2.23. The molecule has 0 spiro atoms. The zero-order chi connectivity index (χ0) is 11.4. The van der Waals surface area contributed by atoms with Gasteiger partial charge >= 0.3 is 0 Å². The van der Waals surface area contributed by atoms with Crippen molar-refractivity contribution in [2.24, 2.45) is 0 Å². The minimum atomic E-state index is 0.224. The van der Waals surface area contributed by atoms with Crippen LogP contribution in [0.4, 0.5) is 17.1 Å². The van der Waals surface area contributed by atoms with E-state index in [2.05, 4.69) is 15.6 Å². The lowest BCUT2D eigenvalue weighted by atomic mass is 10.2. The van der Waals surface area contributed by atoms with Gasteiger partial charge in [-0.3, -0.25) is 4.98 Å². The number of hydrogen-bond acceptors (Lipinski definition) is 4. The minimum absolute atomic E-state index is 0.224. The number of aromatic hydroxyl groups is 1. The second kappa shape index (κ2) is 4.53.